The number of rotatable bonds is 4. The van der Waals surface area contributed by atoms with Crippen LogP contribution in [0.25, 0.3) is 5.69 Å². The van der Waals surface area contributed by atoms with Crippen LogP contribution in [-0.2, 0) is 4.79 Å². The minimum absolute atomic E-state index is 0.0128. The summed E-state index contributed by atoms with van der Waals surface area (Å²) in [7, 11) is 0. The van der Waals surface area contributed by atoms with E-state index >= 15 is 0 Å². The second-order valence-electron chi connectivity index (χ2n) is 4.45. The normalized spacial score (nSPS) is 10.6. The Balaban J connectivity index is 2.11. The number of hydrogen-bond donors (Lipinski definition) is 1. The third-order valence-corrected chi connectivity index (χ3v) is 2.34. The van der Waals surface area contributed by atoms with Crippen LogP contribution in [0.2, 0.25) is 0 Å². The van der Waals surface area contributed by atoms with Crippen LogP contribution in [0, 0.1) is 5.92 Å². The quantitative estimate of drug-likeness (QED) is 0.888. The van der Waals surface area contributed by atoms with Gasteiger partial charge in [0.1, 0.15) is 6.33 Å². The molecule has 0 aliphatic carbocycles. The number of anilines is 1. The lowest BCUT2D eigenvalue weighted by Crippen LogP contribution is -2.14. The van der Waals surface area contributed by atoms with Crippen molar-refractivity contribution >= 4 is 11.6 Å². The van der Waals surface area contributed by atoms with Crippen molar-refractivity contribution in [2.24, 2.45) is 5.92 Å². The molecular formula is C12H15N5O. The molecule has 0 atom stereocenters. The predicted octanol–water partition coefficient (Wildman–Crippen LogP) is 1.65. The molecule has 1 heterocycles. The van der Waals surface area contributed by atoms with Crippen molar-refractivity contribution in [2.45, 2.75) is 20.3 Å². The molecule has 1 aromatic carbocycles. The van der Waals surface area contributed by atoms with Gasteiger partial charge in [-0.25, -0.2) is 4.68 Å². The van der Waals surface area contributed by atoms with Gasteiger partial charge in [0, 0.05) is 12.1 Å². The highest BCUT2D eigenvalue weighted by atomic mass is 16.1. The van der Waals surface area contributed by atoms with Gasteiger partial charge in [0.05, 0.1) is 5.69 Å². The van der Waals surface area contributed by atoms with Crippen LogP contribution in [0.5, 0.6) is 0 Å². The number of carbonyl (C=O) groups excluding carboxylic acids is 1. The van der Waals surface area contributed by atoms with Crippen molar-refractivity contribution in [1.82, 2.24) is 20.2 Å². The van der Waals surface area contributed by atoms with E-state index in [1.807, 2.05) is 38.1 Å². The number of nitrogens with one attached hydrogen (secondary N) is 1. The van der Waals surface area contributed by atoms with Crippen molar-refractivity contribution in [2.75, 3.05) is 5.32 Å². The topological polar surface area (TPSA) is 72.7 Å². The van der Waals surface area contributed by atoms with E-state index in [0.29, 0.717) is 12.3 Å². The molecule has 0 spiro atoms. The Bertz CT molecular complexity index is 521. The number of benzene rings is 1. The highest BCUT2D eigenvalue weighted by Crippen LogP contribution is 2.14. The summed E-state index contributed by atoms with van der Waals surface area (Å²) in [6.45, 7) is 4.02. The fourth-order valence-electron chi connectivity index (χ4n) is 1.59. The maximum absolute atomic E-state index is 11.7. The van der Waals surface area contributed by atoms with Gasteiger partial charge >= 0.3 is 0 Å². The number of carbonyl (C=O) groups is 1. The van der Waals surface area contributed by atoms with E-state index in [1.54, 1.807) is 0 Å². The Morgan fingerprint density at radius 3 is 2.94 bits per heavy atom. The number of nitrogens with zero attached hydrogens (tertiary/aromatic N) is 4. The molecule has 2 aromatic rings. The molecule has 0 fully saturated rings. The highest BCUT2D eigenvalue weighted by Gasteiger charge is 2.06. The first-order chi connectivity index (χ1) is 8.65. The second kappa shape index (κ2) is 5.39. The number of amides is 1. The Morgan fingerprint density at radius 1 is 1.44 bits per heavy atom. The fourth-order valence-corrected chi connectivity index (χ4v) is 1.59. The van der Waals surface area contributed by atoms with Crippen molar-refractivity contribution in [3.8, 4) is 5.69 Å². The van der Waals surface area contributed by atoms with Gasteiger partial charge in [-0.15, -0.1) is 5.10 Å². The van der Waals surface area contributed by atoms with Crippen molar-refractivity contribution < 1.29 is 4.79 Å². The van der Waals surface area contributed by atoms with Gasteiger partial charge in [-0.2, -0.15) is 0 Å². The smallest absolute Gasteiger partial charge is 0.224 e. The largest absolute Gasteiger partial charge is 0.326 e. The zero-order valence-corrected chi connectivity index (χ0v) is 10.4. The Kier molecular flexibility index (Phi) is 3.66. The third-order valence-electron chi connectivity index (χ3n) is 2.34. The second-order valence-corrected chi connectivity index (χ2v) is 4.45. The fraction of sp³-hybridized carbons (Fsp3) is 0.333. The summed E-state index contributed by atoms with van der Waals surface area (Å²) in [4.78, 5) is 11.7. The zero-order valence-electron chi connectivity index (χ0n) is 10.4. The van der Waals surface area contributed by atoms with Crippen LogP contribution < -0.4 is 5.32 Å². The van der Waals surface area contributed by atoms with Gasteiger partial charge in [-0.1, -0.05) is 19.9 Å². The van der Waals surface area contributed by atoms with Crippen LogP contribution in [0.3, 0.4) is 0 Å². The highest BCUT2D eigenvalue weighted by molar-refractivity contribution is 5.91. The summed E-state index contributed by atoms with van der Waals surface area (Å²) in [6, 6.07) is 7.39. The first kappa shape index (κ1) is 12.2. The van der Waals surface area contributed by atoms with Crippen molar-refractivity contribution in [3.63, 3.8) is 0 Å². The van der Waals surface area contributed by atoms with Gasteiger partial charge < -0.3 is 5.32 Å². The van der Waals surface area contributed by atoms with Crippen LogP contribution in [0.1, 0.15) is 20.3 Å². The minimum Gasteiger partial charge on any atom is -0.326 e. The molecule has 6 heteroatoms. The van der Waals surface area contributed by atoms with E-state index in [4.69, 9.17) is 0 Å². The molecule has 1 amide bonds. The lowest BCUT2D eigenvalue weighted by molar-refractivity contribution is -0.116. The number of tetrazole rings is 1. The molecule has 18 heavy (non-hydrogen) atoms. The molecule has 1 aromatic heterocycles. The molecule has 0 unspecified atom stereocenters. The maximum Gasteiger partial charge on any atom is 0.224 e. The average molecular weight is 245 g/mol. The first-order valence-corrected chi connectivity index (χ1v) is 5.78. The molecule has 94 valence electrons. The van der Waals surface area contributed by atoms with E-state index in [0.717, 1.165) is 11.4 Å². The van der Waals surface area contributed by atoms with E-state index in [-0.39, 0.29) is 5.91 Å². The summed E-state index contributed by atoms with van der Waals surface area (Å²) in [5.41, 5.74) is 1.55. The summed E-state index contributed by atoms with van der Waals surface area (Å²) < 4.78 is 1.54. The molecule has 0 radical (unpaired) electrons. The van der Waals surface area contributed by atoms with E-state index in [1.165, 1.54) is 11.0 Å². The van der Waals surface area contributed by atoms with Crippen LogP contribution in [0.4, 0.5) is 5.69 Å². The molecule has 1 N–H and O–H groups in total. The lowest BCUT2D eigenvalue weighted by atomic mass is 10.1. The molecule has 0 saturated heterocycles. The van der Waals surface area contributed by atoms with E-state index in [9.17, 15) is 4.79 Å². The average Bonchev–Trinajstić information content (AvgIpc) is 2.81. The van der Waals surface area contributed by atoms with Crippen LogP contribution >= 0.6 is 0 Å². The summed E-state index contributed by atoms with van der Waals surface area (Å²) in [6.07, 6.45) is 2.02. The standard InChI is InChI=1S/C12H15N5O/c1-9(2)6-12(18)14-10-4-3-5-11(7-10)17-8-13-15-16-17/h3-5,7-9H,6H2,1-2H3,(H,14,18). The minimum atomic E-state index is 0.0128. The molecule has 0 aliphatic rings. The zero-order chi connectivity index (χ0) is 13.0. The van der Waals surface area contributed by atoms with E-state index in [2.05, 4.69) is 20.8 Å². The van der Waals surface area contributed by atoms with Gasteiger partial charge in [0.2, 0.25) is 5.91 Å². The predicted molar refractivity (Wildman–Crippen MR) is 67.2 cm³/mol. The number of aromatic nitrogens is 4. The third kappa shape index (κ3) is 3.13. The van der Waals surface area contributed by atoms with Gasteiger partial charge in [-0.05, 0) is 34.5 Å². The molecule has 0 bridgehead atoms. The molecular weight excluding hydrogens is 230 g/mol. The monoisotopic (exact) mass is 245 g/mol. The Labute approximate surface area is 105 Å². The van der Waals surface area contributed by atoms with Gasteiger partial charge in [-0.3, -0.25) is 4.79 Å². The summed E-state index contributed by atoms with van der Waals surface area (Å²) >= 11 is 0. The molecule has 0 saturated carbocycles. The van der Waals surface area contributed by atoms with E-state index < -0.39 is 0 Å². The SMILES string of the molecule is CC(C)CC(=O)Nc1cccc(-n2cnnn2)c1. The Hall–Kier alpha value is -2.24. The number of hydrogen-bond acceptors (Lipinski definition) is 4. The Morgan fingerprint density at radius 2 is 2.28 bits per heavy atom. The van der Waals surface area contributed by atoms with Crippen molar-refractivity contribution in [1.29, 1.82) is 0 Å². The maximum atomic E-state index is 11.7. The van der Waals surface area contributed by atoms with Gasteiger partial charge in [0.25, 0.3) is 0 Å². The molecule has 0 aliphatic heterocycles. The van der Waals surface area contributed by atoms with Gasteiger partial charge in [0.15, 0.2) is 0 Å². The van der Waals surface area contributed by atoms with Crippen molar-refractivity contribution in [3.05, 3.63) is 30.6 Å². The molecule has 2 rings (SSSR count). The molecule has 6 nitrogen and oxygen atoms in total. The van der Waals surface area contributed by atoms with Crippen LogP contribution in [0.15, 0.2) is 30.6 Å². The summed E-state index contributed by atoms with van der Waals surface area (Å²) in [5.74, 6) is 0.353. The lowest BCUT2D eigenvalue weighted by Gasteiger charge is -2.08. The van der Waals surface area contributed by atoms with Crippen LogP contribution in [-0.4, -0.2) is 26.1 Å². The summed E-state index contributed by atoms with van der Waals surface area (Å²) in [5, 5.41) is 13.8. The first-order valence-electron chi connectivity index (χ1n) is 5.78.